The van der Waals surface area contributed by atoms with Gasteiger partial charge in [-0.2, -0.15) is 8.78 Å². The normalized spacial score (nSPS) is 12.4. The summed E-state index contributed by atoms with van der Waals surface area (Å²) < 4.78 is 55.7. The van der Waals surface area contributed by atoms with E-state index >= 15 is 0 Å². The molecule has 1 N–H and O–H groups in total. The minimum absolute atomic E-state index is 0.0569. The molecule has 1 aromatic rings. The molecule has 0 aliphatic carbocycles. The summed E-state index contributed by atoms with van der Waals surface area (Å²) in [5, 5.41) is 0. The SMILES string of the molecule is CC(C)NS(=O)(=O)c1ccc(C(C)C)c(OC(F)F)c1. The van der Waals surface area contributed by atoms with Crippen LogP contribution >= 0.6 is 0 Å². The number of hydrogen-bond acceptors (Lipinski definition) is 3. The Bertz CT molecular complexity index is 557. The molecule has 0 aromatic heterocycles. The van der Waals surface area contributed by atoms with Crippen LogP contribution in [0.3, 0.4) is 0 Å². The summed E-state index contributed by atoms with van der Waals surface area (Å²) >= 11 is 0. The Hall–Kier alpha value is -1.21. The van der Waals surface area contributed by atoms with Crippen LogP contribution in [0.5, 0.6) is 5.75 Å². The molecule has 0 aliphatic rings. The fraction of sp³-hybridized carbons (Fsp3) is 0.538. The van der Waals surface area contributed by atoms with Gasteiger partial charge in [0, 0.05) is 12.1 Å². The molecule has 0 heterocycles. The number of hydrogen-bond donors (Lipinski definition) is 1. The Kier molecular flexibility index (Phi) is 5.47. The van der Waals surface area contributed by atoms with Gasteiger partial charge in [-0.15, -0.1) is 0 Å². The molecular formula is C13H19F2NO3S. The first-order valence-corrected chi connectivity index (χ1v) is 7.73. The number of benzene rings is 1. The third-order valence-electron chi connectivity index (χ3n) is 2.52. The maximum Gasteiger partial charge on any atom is 0.387 e. The second kappa shape index (κ2) is 6.49. The summed E-state index contributed by atoms with van der Waals surface area (Å²) in [6.45, 7) is 3.99. The fourth-order valence-electron chi connectivity index (χ4n) is 1.74. The van der Waals surface area contributed by atoms with Gasteiger partial charge in [0.05, 0.1) is 4.90 Å². The molecule has 7 heteroatoms. The van der Waals surface area contributed by atoms with Crippen LogP contribution in [0.2, 0.25) is 0 Å². The first kappa shape index (κ1) is 16.8. The van der Waals surface area contributed by atoms with Crippen LogP contribution in [0.4, 0.5) is 8.78 Å². The quantitative estimate of drug-likeness (QED) is 0.878. The molecule has 0 bridgehead atoms. The summed E-state index contributed by atoms with van der Waals surface area (Å²) in [5.41, 5.74) is 0.536. The topological polar surface area (TPSA) is 55.4 Å². The largest absolute Gasteiger partial charge is 0.434 e. The molecule has 20 heavy (non-hydrogen) atoms. The highest BCUT2D eigenvalue weighted by atomic mass is 32.2. The first-order chi connectivity index (χ1) is 9.13. The molecule has 0 spiro atoms. The van der Waals surface area contributed by atoms with E-state index < -0.39 is 16.6 Å². The number of nitrogens with one attached hydrogen (secondary N) is 1. The number of alkyl halides is 2. The van der Waals surface area contributed by atoms with Gasteiger partial charge in [0.15, 0.2) is 0 Å². The number of sulfonamides is 1. The Balaban J connectivity index is 3.25. The molecule has 0 saturated carbocycles. The van der Waals surface area contributed by atoms with Crippen molar-refractivity contribution in [3.05, 3.63) is 23.8 Å². The Morgan fingerprint density at radius 3 is 2.20 bits per heavy atom. The number of rotatable bonds is 6. The molecule has 1 aromatic carbocycles. The number of ether oxygens (including phenoxy) is 1. The van der Waals surface area contributed by atoms with Gasteiger partial charge in [-0.05, 0) is 31.4 Å². The molecule has 1 rings (SSSR count). The fourth-order valence-corrected chi connectivity index (χ4v) is 3.00. The van der Waals surface area contributed by atoms with E-state index in [1.807, 2.05) is 13.8 Å². The molecule has 114 valence electrons. The van der Waals surface area contributed by atoms with Crippen molar-refractivity contribution in [3.8, 4) is 5.75 Å². The van der Waals surface area contributed by atoms with E-state index in [1.165, 1.54) is 12.1 Å². The van der Waals surface area contributed by atoms with Crippen molar-refractivity contribution in [2.75, 3.05) is 0 Å². The van der Waals surface area contributed by atoms with Crippen LogP contribution in [0, 0.1) is 0 Å². The Morgan fingerprint density at radius 2 is 1.75 bits per heavy atom. The van der Waals surface area contributed by atoms with Crippen LogP contribution in [-0.4, -0.2) is 21.1 Å². The molecule has 0 saturated heterocycles. The van der Waals surface area contributed by atoms with Crippen LogP contribution in [0.1, 0.15) is 39.2 Å². The summed E-state index contributed by atoms with van der Waals surface area (Å²) in [6.07, 6.45) is 0. The van der Waals surface area contributed by atoms with Crippen molar-refractivity contribution < 1.29 is 21.9 Å². The first-order valence-electron chi connectivity index (χ1n) is 6.24. The maximum atomic E-state index is 12.4. The zero-order valence-electron chi connectivity index (χ0n) is 11.9. The van der Waals surface area contributed by atoms with E-state index in [-0.39, 0.29) is 22.6 Å². The lowest BCUT2D eigenvalue weighted by molar-refractivity contribution is -0.0507. The predicted molar refractivity (Wildman–Crippen MR) is 72.6 cm³/mol. The van der Waals surface area contributed by atoms with E-state index in [1.54, 1.807) is 13.8 Å². The molecular weight excluding hydrogens is 288 g/mol. The van der Waals surface area contributed by atoms with Crippen molar-refractivity contribution in [1.29, 1.82) is 0 Å². The van der Waals surface area contributed by atoms with E-state index in [4.69, 9.17) is 0 Å². The smallest absolute Gasteiger partial charge is 0.387 e. The van der Waals surface area contributed by atoms with Crippen LogP contribution in [0.15, 0.2) is 23.1 Å². The van der Waals surface area contributed by atoms with Crippen LogP contribution in [0.25, 0.3) is 0 Å². The van der Waals surface area contributed by atoms with Gasteiger partial charge in [-0.1, -0.05) is 19.9 Å². The van der Waals surface area contributed by atoms with Crippen LogP contribution < -0.4 is 9.46 Å². The highest BCUT2D eigenvalue weighted by molar-refractivity contribution is 7.89. The van der Waals surface area contributed by atoms with Gasteiger partial charge in [0.25, 0.3) is 0 Å². The molecule has 0 radical (unpaired) electrons. The van der Waals surface area contributed by atoms with Gasteiger partial charge in [-0.25, -0.2) is 13.1 Å². The Morgan fingerprint density at radius 1 is 1.15 bits per heavy atom. The lowest BCUT2D eigenvalue weighted by Crippen LogP contribution is -2.30. The van der Waals surface area contributed by atoms with Crippen molar-refractivity contribution in [3.63, 3.8) is 0 Å². The third-order valence-corrected chi connectivity index (χ3v) is 4.18. The highest BCUT2D eigenvalue weighted by Gasteiger charge is 2.20. The Labute approximate surface area is 118 Å². The zero-order valence-corrected chi connectivity index (χ0v) is 12.7. The summed E-state index contributed by atoms with van der Waals surface area (Å²) in [5.74, 6) is -0.166. The van der Waals surface area contributed by atoms with E-state index in [0.717, 1.165) is 6.07 Å². The van der Waals surface area contributed by atoms with E-state index in [0.29, 0.717) is 5.56 Å². The summed E-state index contributed by atoms with van der Waals surface area (Å²) in [7, 11) is -3.74. The monoisotopic (exact) mass is 307 g/mol. The highest BCUT2D eigenvalue weighted by Crippen LogP contribution is 2.30. The zero-order chi connectivity index (χ0) is 15.5. The van der Waals surface area contributed by atoms with Gasteiger partial charge in [-0.3, -0.25) is 0 Å². The van der Waals surface area contributed by atoms with Crippen molar-refractivity contribution >= 4 is 10.0 Å². The lowest BCUT2D eigenvalue weighted by Gasteiger charge is -2.16. The lowest BCUT2D eigenvalue weighted by atomic mass is 10.0. The maximum absolute atomic E-state index is 12.4. The number of halogens is 2. The second-order valence-electron chi connectivity index (χ2n) is 5.01. The van der Waals surface area contributed by atoms with Crippen molar-refractivity contribution in [1.82, 2.24) is 4.72 Å². The second-order valence-corrected chi connectivity index (χ2v) is 6.72. The predicted octanol–water partition coefficient (Wildman–Crippen LogP) is 3.10. The van der Waals surface area contributed by atoms with E-state index in [9.17, 15) is 17.2 Å². The molecule has 0 amide bonds. The van der Waals surface area contributed by atoms with Gasteiger partial charge in [0.2, 0.25) is 10.0 Å². The minimum atomic E-state index is -3.74. The molecule has 0 atom stereocenters. The average Bonchev–Trinajstić information content (AvgIpc) is 2.25. The summed E-state index contributed by atoms with van der Waals surface area (Å²) in [4.78, 5) is -0.0914. The molecule has 0 fully saturated rings. The molecule has 0 unspecified atom stereocenters. The molecule has 0 aliphatic heterocycles. The summed E-state index contributed by atoms with van der Waals surface area (Å²) in [6, 6.07) is 3.73. The van der Waals surface area contributed by atoms with Gasteiger partial charge < -0.3 is 4.74 Å². The van der Waals surface area contributed by atoms with E-state index in [2.05, 4.69) is 9.46 Å². The van der Waals surface area contributed by atoms with Crippen molar-refractivity contribution in [2.45, 2.75) is 51.2 Å². The molecule has 4 nitrogen and oxygen atoms in total. The third kappa shape index (κ3) is 4.42. The van der Waals surface area contributed by atoms with Gasteiger partial charge in [0.1, 0.15) is 5.75 Å². The van der Waals surface area contributed by atoms with Crippen LogP contribution in [-0.2, 0) is 10.0 Å². The standard InChI is InChI=1S/C13H19F2NO3S/c1-8(2)11-6-5-10(7-12(11)19-13(14)15)20(17,18)16-9(3)4/h5-9,13,16H,1-4H3. The minimum Gasteiger partial charge on any atom is -0.434 e. The van der Waals surface area contributed by atoms with Gasteiger partial charge >= 0.3 is 6.61 Å². The average molecular weight is 307 g/mol. The van der Waals surface area contributed by atoms with Crippen molar-refractivity contribution in [2.24, 2.45) is 0 Å².